The number of benzene rings is 2. The van der Waals surface area contributed by atoms with Gasteiger partial charge in [0.05, 0.1) is 23.3 Å². The molecule has 180 valence electrons. The Balaban J connectivity index is 1.68. The standard InChI is InChI=1S/C28H23N3O5/c1-16(2)36-28(35)18-6-5-7-19(14-18)31-24(17-10-12-29-13-11-17)23(26(33)27(31)34)25(32)21-15-30-22-9-4-3-8-20(21)22/h3-16,24,30,32H,1-2H3/b25-23-. The number of carbonyl (C=O) groups excluding carboxylic acids is 3. The Labute approximate surface area is 206 Å². The van der Waals surface area contributed by atoms with Gasteiger partial charge < -0.3 is 14.8 Å². The van der Waals surface area contributed by atoms with Gasteiger partial charge in [-0.25, -0.2) is 4.79 Å². The number of ether oxygens (including phenoxy) is 1. The summed E-state index contributed by atoms with van der Waals surface area (Å²) in [5.74, 6) is -2.46. The van der Waals surface area contributed by atoms with Gasteiger partial charge in [0.1, 0.15) is 5.76 Å². The monoisotopic (exact) mass is 481 g/mol. The Morgan fingerprint density at radius 1 is 1.06 bits per heavy atom. The molecule has 36 heavy (non-hydrogen) atoms. The van der Waals surface area contributed by atoms with Crippen molar-refractivity contribution in [1.82, 2.24) is 9.97 Å². The van der Waals surface area contributed by atoms with Crippen LogP contribution in [0.15, 0.2) is 84.8 Å². The summed E-state index contributed by atoms with van der Waals surface area (Å²) >= 11 is 0. The minimum atomic E-state index is -0.932. The number of nitrogens with one attached hydrogen (secondary N) is 1. The van der Waals surface area contributed by atoms with Crippen LogP contribution in [0.1, 0.15) is 41.4 Å². The van der Waals surface area contributed by atoms with Crippen molar-refractivity contribution in [2.45, 2.75) is 26.0 Å². The Morgan fingerprint density at radius 2 is 1.81 bits per heavy atom. The zero-order valence-electron chi connectivity index (χ0n) is 19.6. The summed E-state index contributed by atoms with van der Waals surface area (Å²) in [5.41, 5.74) is 2.30. The summed E-state index contributed by atoms with van der Waals surface area (Å²) in [5, 5.41) is 12.1. The van der Waals surface area contributed by atoms with Crippen molar-refractivity contribution in [2.75, 3.05) is 4.90 Å². The van der Waals surface area contributed by atoms with Crippen LogP contribution >= 0.6 is 0 Å². The van der Waals surface area contributed by atoms with Crippen molar-refractivity contribution in [3.63, 3.8) is 0 Å². The van der Waals surface area contributed by atoms with Crippen LogP contribution in [-0.2, 0) is 14.3 Å². The highest BCUT2D eigenvalue weighted by molar-refractivity contribution is 6.51. The highest BCUT2D eigenvalue weighted by atomic mass is 16.5. The molecule has 3 heterocycles. The molecule has 1 amide bonds. The number of aliphatic hydroxyl groups excluding tert-OH is 1. The molecular weight excluding hydrogens is 458 g/mol. The van der Waals surface area contributed by atoms with Crippen LogP contribution in [0.3, 0.4) is 0 Å². The first-order valence-electron chi connectivity index (χ1n) is 11.4. The van der Waals surface area contributed by atoms with Crippen LogP contribution < -0.4 is 4.90 Å². The van der Waals surface area contributed by atoms with Gasteiger partial charge in [-0.1, -0.05) is 24.3 Å². The molecule has 1 unspecified atom stereocenters. The molecule has 4 aromatic rings. The molecule has 8 heteroatoms. The number of aromatic nitrogens is 2. The third-order valence-corrected chi connectivity index (χ3v) is 6.01. The zero-order valence-corrected chi connectivity index (χ0v) is 19.6. The zero-order chi connectivity index (χ0) is 25.4. The number of amides is 1. The van der Waals surface area contributed by atoms with E-state index in [4.69, 9.17) is 4.74 Å². The summed E-state index contributed by atoms with van der Waals surface area (Å²) in [6.07, 6.45) is 4.40. The molecule has 0 bridgehead atoms. The van der Waals surface area contributed by atoms with Crippen LogP contribution in [0.25, 0.3) is 16.7 Å². The minimum Gasteiger partial charge on any atom is -0.507 e. The maximum absolute atomic E-state index is 13.4. The Hall–Kier alpha value is -4.72. The van der Waals surface area contributed by atoms with E-state index < -0.39 is 23.7 Å². The largest absolute Gasteiger partial charge is 0.507 e. The van der Waals surface area contributed by atoms with Crippen molar-refractivity contribution in [3.05, 3.63) is 102 Å². The smallest absolute Gasteiger partial charge is 0.338 e. The lowest BCUT2D eigenvalue weighted by atomic mass is 9.95. The Morgan fingerprint density at radius 3 is 2.56 bits per heavy atom. The first-order valence-corrected chi connectivity index (χ1v) is 11.4. The lowest BCUT2D eigenvalue weighted by Gasteiger charge is -2.25. The number of aromatic amines is 1. The number of hydrogen-bond acceptors (Lipinski definition) is 6. The third kappa shape index (κ3) is 3.92. The molecule has 8 nitrogen and oxygen atoms in total. The predicted molar refractivity (Wildman–Crippen MR) is 134 cm³/mol. The van der Waals surface area contributed by atoms with Crippen LogP contribution in [0.2, 0.25) is 0 Å². The quantitative estimate of drug-likeness (QED) is 0.184. The molecule has 1 atom stereocenters. The first kappa shape index (κ1) is 23.0. The van der Waals surface area contributed by atoms with Crippen molar-refractivity contribution in [3.8, 4) is 0 Å². The number of para-hydroxylation sites is 1. The van der Waals surface area contributed by atoms with E-state index in [1.54, 1.807) is 62.8 Å². The second-order valence-electron chi connectivity index (χ2n) is 8.70. The van der Waals surface area contributed by atoms with Gasteiger partial charge >= 0.3 is 5.97 Å². The molecule has 1 saturated heterocycles. The topological polar surface area (TPSA) is 113 Å². The molecule has 1 aliphatic rings. The van der Waals surface area contributed by atoms with Crippen molar-refractivity contribution >= 4 is 40.0 Å². The molecule has 0 saturated carbocycles. The van der Waals surface area contributed by atoms with Gasteiger partial charge in [-0.3, -0.25) is 19.5 Å². The van der Waals surface area contributed by atoms with E-state index >= 15 is 0 Å². The third-order valence-electron chi connectivity index (χ3n) is 6.01. The molecule has 0 spiro atoms. The lowest BCUT2D eigenvalue weighted by Crippen LogP contribution is -2.29. The number of hydrogen-bond donors (Lipinski definition) is 2. The van der Waals surface area contributed by atoms with Gasteiger partial charge in [0.25, 0.3) is 11.7 Å². The Kier molecular flexibility index (Phi) is 5.85. The number of nitrogens with zero attached hydrogens (tertiary/aromatic N) is 2. The molecule has 1 aliphatic heterocycles. The number of rotatable bonds is 5. The highest BCUT2D eigenvalue weighted by Crippen LogP contribution is 2.43. The molecule has 5 rings (SSSR count). The second kappa shape index (κ2) is 9.14. The van der Waals surface area contributed by atoms with Crippen molar-refractivity contribution in [1.29, 1.82) is 0 Å². The van der Waals surface area contributed by atoms with Crippen LogP contribution in [0, 0.1) is 0 Å². The van der Waals surface area contributed by atoms with E-state index in [1.807, 2.05) is 24.3 Å². The number of fused-ring (bicyclic) bond motifs is 1. The van der Waals surface area contributed by atoms with Gasteiger partial charge in [-0.15, -0.1) is 0 Å². The fraction of sp³-hybridized carbons (Fsp3) is 0.143. The number of anilines is 1. The van der Waals surface area contributed by atoms with Gasteiger partial charge in [0.2, 0.25) is 0 Å². The van der Waals surface area contributed by atoms with Gasteiger partial charge in [0, 0.05) is 40.7 Å². The number of carbonyl (C=O) groups is 3. The number of esters is 1. The summed E-state index contributed by atoms with van der Waals surface area (Å²) in [6, 6.07) is 16.1. The van der Waals surface area contributed by atoms with E-state index in [9.17, 15) is 19.5 Å². The molecule has 1 fully saturated rings. The van der Waals surface area contributed by atoms with Gasteiger partial charge in [-0.05, 0) is 55.8 Å². The second-order valence-corrected chi connectivity index (χ2v) is 8.70. The molecule has 2 aromatic heterocycles. The minimum absolute atomic E-state index is 0.0499. The molecule has 0 aliphatic carbocycles. The highest BCUT2D eigenvalue weighted by Gasteiger charge is 2.47. The first-order chi connectivity index (χ1) is 17.4. The SMILES string of the molecule is CC(C)OC(=O)c1cccc(N2C(=O)C(=O)/C(=C(\O)c3c[nH]c4ccccc34)C2c2ccncc2)c1. The van der Waals surface area contributed by atoms with Crippen molar-refractivity contribution < 1.29 is 24.2 Å². The Bertz CT molecular complexity index is 1520. The van der Waals surface area contributed by atoms with E-state index in [1.165, 1.54) is 11.0 Å². The van der Waals surface area contributed by atoms with Crippen LogP contribution in [0.4, 0.5) is 5.69 Å². The van der Waals surface area contributed by atoms with Gasteiger partial charge in [-0.2, -0.15) is 0 Å². The van der Waals surface area contributed by atoms with E-state index in [2.05, 4.69) is 9.97 Å². The predicted octanol–water partition coefficient (Wildman–Crippen LogP) is 4.75. The molecular formula is C28H23N3O5. The summed E-state index contributed by atoms with van der Waals surface area (Å²) in [7, 11) is 0. The summed E-state index contributed by atoms with van der Waals surface area (Å²) in [4.78, 5) is 47.7. The number of pyridine rings is 1. The maximum Gasteiger partial charge on any atom is 0.338 e. The maximum atomic E-state index is 13.4. The number of ketones is 1. The van der Waals surface area contributed by atoms with E-state index in [0.29, 0.717) is 22.2 Å². The van der Waals surface area contributed by atoms with Crippen LogP contribution in [0.5, 0.6) is 0 Å². The normalized spacial score (nSPS) is 17.2. The van der Waals surface area contributed by atoms with Gasteiger partial charge in [0.15, 0.2) is 0 Å². The molecule has 2 aromatic carbocycles. The summed E-state index contributed by atoms with van der Waals surface area (Å²) < 4.78 is 5.29. The average molecular weight is 482 g/mol. The average Bonchev–Trinajstić information content (AvgIpc) is 3.43. The fourth-order valence-corrected chi connectivity index (χ4v) is 4.44. The molecule has 2 N–H and O–H groups in total. The molecule has 0 radical (unpaired) electrons. The van der Waals surface area contributed by atoms with E-state index in [0.717, 1.165) is 5.52 Å². The van der Waals surface area contributed by atoms with E-state index in [-0.39, 0.29) is 23.0 Å². The number of H-pyrrole nitrogens is 1. The summed E-state index contributed by atoms with van der Waals surface area (Å²) in [6.45, 7) is 3.49. The fourth-order valence-electron chi connectivity index (χ4n) is 4.44. The van der Waals surface area contributed by atoms with Crippen LogP contribution in [-0.4, -0.2) is 38.8 Å². The number of Topliss-reactive ketones (excluding diaryl/α,β-unsaturated/α-hetero) is 1. The lowest BCUT2D eigenvalue weighted by molar-refractivity contribution is -0.132. The number of aliphatic hydroxyl groups is 1. The van der Waals surface area contributed by atoms with Crippen molar-refractivity contribution in [2.24, 2.45) is 0 Å².